The van der Waals surface area contributed by atoms with Gasteiger partial charge in [-0.3, -0.25) is 4.90 Å². The smallest absolute Gasteiger partial charge is 0.0494 e. The third-order valence-electron chi connectivity index (χ3n) is 6.33. The molecular weight excluding hydrogens is 280 g/mol. The van der Waals surface area contributed by atoms with Crippen LogP contribution >= 0.6 is 0 Å². The Kier molecular flexibility index (Phi) is 4.19. The maximum atomic E-state index is 4.55. The van der Waals surface area contributed by atoms with E-state index in [4.69, 9.17) is 0 Å². The van der Waals surface area contributed by atoms with Gasteiger partial charge >= 0.3 is 0 Å². The van der Waals surface area contributed by atoms with Gasteiger partial charge in [-0.2, -0.15) is 0 Å². The Hall–Kier alpha value is -1.28. The molecule has 2 heteroatoms. The molecule has 3 aliphatic rings. The lowest BCUT2D eigenvalue weighted by Crippen LogP contribution is -2.52. The van der Waals surface area contributed by atoms with Gasteiger partial charge in [0.25, 0.3) is 0 Å². The summed E-state index contributed by atoms with van der Waals surface area (Å²) in [6.45, 7) is 9.46. The summed E-state index contributed by atoms with van der Waals surface area (Å²) in [5, 5.41) is 0. The quantitative estimate of drug-likeness (QED) is 0.782. The van der Waals surface area contributed by atoms with Gasteiger partial charge in [0.05, 0.1) is 0 Å². The molecule has 2 nitrogen and oxygen atoms in total. The Morgan fingerprint density at radius 1 is 1.00 bits per heavy atom. The van der Waals surface area contributed by atoms with Crippen molar-refractivity contribution in [3.8, 4) is 0 Å². The molecule has 1 aliphatic carbocycles. The summed E-state index contributed by atoms with van der Waals surface area (Å²) < 4.78 is 0. The minimum atomic E-state index is 0.521. The van der Waals surface area contributed by atoms with E-state index in [0.29, 0.717) is 12.0 Å². The van der Waals surface area contributed by atoms with Crippen LogP contribution in [-0.2, 0) is 0 Å². The molecule has 1 unspecified atom stereocenters. The van der Waals surface area contributed by atoms with Crippen LogP contribution in [0.4, 0.5) is 5.69 Å². The summed E-state index contributed by atoms with van der Waals surface area (Å²) in [6.07, 6.45) is 9.40. The molecule has 0 aromatic heterocycles. The SMILES string of the molecule is C=C1C(CC)c2ccccc2N1[C@H]1CCCC[C@@H]1N1CCCC1. The zero-order chi connectivity index (χ0) is 15.8. The lowest BCUT2D eigenvalue weighted by Gasteiger charge is -2.44. The summed E-state index contributed by atoms with van der Waals surface area (Å²) in [5.41, 5.74) is 4.30. The normalized spacial score (nSPS) is 31.6. The number of likely N-dealkylation sites (tertiary alicyclic amines) is 1. The van der Waals surface area contributed by atoms with E-state index in [0.717, 1.165) is 12.5 Å². The van der Waals surface area contributed by atoms with Crippen molar-refractivity contribution in [1.82, 2.24) is 4.90 Å². The van der Waals surface area contributed by atoms with Crippen LogP contribution in [0, 0.1) is 0 Å². The summed E-state index contributed by atoms with van der Waals surface area (Å²) >= 11 is 0. The van der Waals surface area contributed by atoms with Gasteiger partial charge in [0.2, 0.25) is 0 Å². The summed E-state index contributed by atoms with van der Waals surface area (Å²) in [6, 6.07) is 10.4. The van der Waals surface area contributed by atoms with Crippen LogP contribution < -0.4 is 4.90 Å². The van der Waals surface area contributed by atoms with Crippen molar-refractivity contribution in [2.75, 3.05) is 18.0 Å². The Morgan fingerprint density at radius 3 is 2.43 bits per heavy atom. The van der Waals surface area contributed by atoms with Gasteiger partial charge in [-0.1, -0.05) is 44.5 Å². The summed E-state index contributed by atoms with van der Waals surface area (Å²) in [4.78, 5) is 5.42. The van der Waals surface area contributed by atoms with Crippen molar-refractivity contribution in [3.63, 3.8) is 0 Å². The van der Waals surface area contributed by atoms with E-state index >= 15 is 0 Å². The lowest BCUT2D eigenvalue weighted by molar-refractivity contribution is 0.166. The molecule has 0 N–H and O–H groups in total. The van der Waals surface area contributed by atoms with Gasteiger partial charge in [-0.15, -0.1) is 0 Å². The summed E-state index contributed by atoms with van der Waals surface area (Å²) in [7, 11) is 0. The Bertz CT molecular complexity index is 573. The number of benzene rings is 1. The van der Waals surface area contributed by atoms with Crippen LogP contribution in [0.3, 0.4) is 0 Å². The van der Waals surface area contributed by atoms with Crippen molar-refractivity contribution < 1.29 is 0 Å². The number of hydrogen-bond donors (Lipinski definition) is 0. The second-order valence-corrected chi connectivity index (χ2v) is 7.54. The molecule has 4 rings (SSSR count). The molecular formula is C21H30N2. The zero-order valence-electron chi connectivity index (χ0n) is 14.5. The predicted molar refractivity (Wildman–Crippen MR) is 97.9 cm³/mol. The molecule has 0 amide bonds. The Labute approximate surface area is 141 Å². The first kappa shape index (κ1) is 15.3. The maximum absolute atomic E-state index is 4.55. The fraction of sp³-hybridized carbons (Fsp3) is 0.619. The lowest BCUT2D eigenvalue weighted by atomic mass is 9.87. The van der Waals surface area contributed by atoms with E-state index in [1.807, 2.05) is 0 Å². The summed E-state index contributed by atoms with van der Waals surface area (Å²) in [5.74, 6) is 0.521. The molecule has 0 bridgehead atoms. The van der Waals surface area contributed by atoms with Crippen molar-refractivity contribution in [3.05, 3.63) is 42.1 Å². The van der Waals surface area contributed by atoms with Gasteiger partial charge in [0.1, 0.15) is 0 Å². The highest BCUT2D eigenvalue weighted by Gasteiger charge is 2.41. The van der Waals surface area contributed by atoms with Gasteiger partial charge in [-0.25, -0.2) is 0 Å². The second-order valence-electron chi connectivity index (χ2n) is 7.54. The number of rotatable bonds is 3. The first-order chi connectivity index (χ1) is 11.3. The molecule has 124 valence electrons. The van der Waals surface area contributed by atoms with Crippen LogP contribution in [0.15, 0.2) is 36.5 Å². The highest BCUT2D eigenvalue weighted by molar-refractivity contribution is 5.68. The van der Waals surface area contributed by atoms with Crippen molar-refractivity contribution in [2.24, 2.45) is 0 Å². The van der Waals surface area contributed by atoms with Crippen molar-refractivity contribution in [2.45, 2.75) is 69.9 Å². The van der Waals surface area contributed by atoms with E-state index in [-0.39, 0.29) is 0 Å². The average molecular weight is 310 g/mol. The molecule has 3 atom stereocenters. The minimum absolute atomic E-state index is 0.521. The van der Waals surface area contributed by atoms with E-state index in [9.17, 15) is 0 Å². The van der Waals surface area contributed by atoms with E-state index in [2.05, 4.69) is 47.6 Å². The Balaban J connectivity index is 1.68. The molecule has 1 saturated carbocycles. The fourth-order valence-electron chi connectivity index (χ4n) is 5.24. The highest BCUT2D eigenvalue weighted by Crippen LogP contribution is 2.47. The third-order valence-corrected chi connectivity index (χ3v) is 6.33. The molecule has 0 spiro atoms. The molecule has 0 radical (unpaired) electrons. The van der Waals surface area contributed by atoms with Gasteiger partial charge in [0.15, 0.2) is 0 Å². The number of allylic oxidation sites excluding steroid dienone is 1. The number of hydrogen-bond acceptors (Lipinski definition) is 2. The number of para-hydroxylation sites is 1. The van der Waals surface area contributed by atoms with Crippen molar-refractivity contribution in [1.29, 1.82) is 0 Å². The maximum Gasteiger partial charge on any atom is 0.0494 e. The third kappa shape index (κ3) is 2.52. The average Bonchev–Trinajstić information content (AvgIpc) is 3.20. The standard InChI is InChI=1S/C21H30N2/c1-3-17-16(2)23(19-11-5-4-10-18(17)19)21-13-7-6-12-20(21)22-14-8-9-15-22/h4-5,10-11,17,20-21H,2-3,6-9,12-15H2,1H3/t17?,20-,21-/m0/s1. The van der Waals surface area contributed by atoms with Gasteiger partial charge in [0, 0.05) is 29.4 Å². The minimum Gasteiger partial charge on any atom is -0.340 e. The molecule has 1 saturated heterocycles. The molecule has 2 fully saturated rings. The van der Waals surface area contributed by atoms with E-state index in [1.165, 1.54) is 68.6 Å². The van der Waals surface area contributed by atoms with Gasteiger partial charge in [-0.05, 0) is 56.8 Å². The molecule has 1 aromatic carbocycles. The molecule has 23 heavy (non-hydrogen) atoms. The zero-order valence-corrected chi connectivity index (χ0v) is 14.5. The topological polar surface area (TPSA) is 6.48 Å². The Morgan fingerprint density at radius 2 is 1.70 bits per heavy atom. The van der Waals surface area contributed by atoms with Crippen LogP contribution in [0.1, 0.15) is 63.4 Å². The number of anilines is 1. The van der Waals surface area contributed by atoms with Crippen LogP contribution in [-0.4, -0.2) is 30.1 Å². The van der Waals surface area contributed by atoms with E-state index in [1.54, 1.807) is 0 Å². The molecule has 2 heterocycles. The molecule has 2 aliphatic heterocycles. The molecule has 1 aromatic rings. The highest BCUT2D eigenvalue weighted by atomic mass is 15.3. The second kappa shape index (κ2) is 6.32. The largest absolute Gasteiger partial charge is 0.340 e. The van der Waals surface area contributed by atoms with Crippen molar-refractivity contribution >= 4 is 5.69 Å². The predicted octanol–water partition coefficient (Wildman–Crippen LogP) is 4.92. The van der Waals surface area contributed by atoms with E-state index < -0.39 is 0 Å². The fourth-order valence-corrected chi connectivity index (χ4v) is 5.24. The van der Waals surface area contributed by atoms with Crippen LogP contribution in [0.5, 0.6) is 0 Å². The number of nitrogens with zero attached hydrogens (tertiary/aromatic N) is 2. The first-order valence-electron chi connectivity index (χ1n) is 9.62. The monoisotopic (exact) mass is 310 g/mol. The van der Waals surface area contributed by atoms with Crippen LogP contribution in [0.2, 0.25) is 0 Å². The van der Waals surface area contributed by atoms with Gasteiger partial charge < -0.3 is 4.90 Å². The van der Waals surface area contributed by atoms with Crippen LogP contribution in [0.25, 0.3) is 0 Å². The first-order valence-corrected chi connectivity index (χ1v) is 9.62. The number of fused-ring (bicyclic) bond motifs is 1.